The molecular weight excluding hydrogens is 242 g/mol. The number of benzene rings is 1. The minimum absolute atomic E-state index is 0.161. The number of H-pyrrole nitrogens is 1. The van der Waals surface area contributed by atoms with Crippen LogP contribution < -0.4 is 10.3 Å². The molecule has 1 aromatic heterocycles. The molecule has 4 heteroatoms. The number of aromatic amines is 1. The zero-order chi connectivity index (χ0) is 13.8. The first-order valence-corrected chi connectivity index (χ1v) is 5.87. The molecule has 19 heavy (non-hydrogen) atoms. The summed E-state index contributed by atoms with van der Waals surface area (Å²) in [5, 5.41) is 0.951. The Kier molecular flexibility index (Phi) is 3.88. The third-order valence-electron chi connectivity index (χ3n) is 2.84. The van der Waals surface area contributed by atoms with E-state index in [-0.39, 0.29) is 12.2 Å². The van der Waals surface area contributed by atoms with Crippen LogP contribution in [0, 0.1) is 19.3 Å². The summed E-state index contributed by atoms with van der Waals surface area (Å²) in [7, 11) is 1.60. The number of aromatic nitrogens is 1. The van der Waals surface area contributed by atoms with Crippen LogP contribution in [0.15, 0.2) is 23.0 Å². The van der Waals surface area contributed by atoms with Crippen LogP contribution in [0.3, 0.4) is 0 Å². The molecule has 2 aromatic rings. The highest BCUT2D eigenvalue weighted by atomic mass is 16.5. The van der Waals surface area contributed by atoms with Gasteiger partial charge in [0.25, 0.3) is 0 Å². The van der Waals surface area contributed by atoms with Crippen molar-refractivity contribution in [3.8, 4) is 18.1 Å². The van der Waals surface area contributed by atoms with E-state index in [2.05, 4.69) is 10.9 Å². The maximum Gasteiger partial charge on any atom is 0.248 e. The Bertz CT molecular complexity index is 695. The van der Waals surface area contributed by atoms with Crippen molar-refractivity contribution in [2.24, 2.45) is 0 Å². The van der Waals surface area contributed by atoms with E-state index in [1.54, 1.807) is 19.2 Å². The third-order valence-corrected chi connectivity index (χ3v) is 2.84. The smallest absolute Gasteiger partial charge is 0.248 e. The van der Waals surface area contributed by atoms with E-state index >= 15 is 0 Å². The lowest BCUT2D eigenvalue weighted by Crippen LogP contribution is -2.08. The molecule has 0 atom stereocenters. The van der Waals surface area contributed by atoms with Crippen molar-refractivity contribution in [1.82, 2.24) is 4.98 Å². The minimum Gasteiger partial charge on any atom is -0.481 e. The molecule has 0 aliphatic heterocycles. The molecule has 0 spiro atoms. The van der Waals surface area contributed by atoms with Crippen LogP contribution in [0.2, 0.25) is 0 Å². The van der Waals surface area contributed by atoms with Gasteiger partial charge in [0.15, 0.2) is 0 Å². The number of ether oxygens (including phenoxy) is 2. The summed E-state index contributed by atoms with van der Waals surface area (Å²) >= 11 is 0. The van der Waals surface area contributed by atoms with E-state index in [1.807, 2.05) is 13.0 Å². The van der Waals surface area contributed by atoms with Crippen LogP contribution in [0.1, 0.15) is 11.1 Å². The van der Waals surface area contributed by atoms with Gasteiger partial charge in [-0.2, -0.15) is 0 Å². The monoisotopic (exact) mass is 257 g/mol. The van der Waals surface area contributed by atoms with Crippen molar-refractivity contribution in [1.29, 1.82) is 0 Å². The second kappa shape index (κ2) is 5.59. The van der Waals surface area contributed by atoms with Crippen molar-refractivity contribution in [2.75, 3.05) is 13.7 Å². The van der Waals surface area contributed by atoms with E-state index in [1.165, 1.54) is 0 Å². The summed E-state index contributed by atoms with van der Waals surface area (Å²) < 4.78 is 10.6. The second-order valence-electron chi connectivity index (χ2n) is 4.25. The van der Waals surface area contributed by atoms with Gasteiger partial charge in [-0.25, -0.2) is 0 Å². The zero-order valence-electron chi connectivity index (χ0n) is 10.9. The molecule has 4 nitrogen and oxygen atoms in total. The Balaban J connectivity index is 2.60. The molecule has 0 saturated heterocycles. The van der Waals surface area contributed by atoms with Gasteiger partial charge in [0.2, 0.25) is 5.56 Å². The van der Waals surface area contributed by atoms with Crippen molar-refractivity contribution in [3.05, 3.63) is 39.7 Å². The molecule has 0 fully saturated rings. The Morgan fingerprint density at radius 2 is 2.16 bits per heavy atom. The summed E-state index contributed by atoms with van der Waals surface area (Å²) in [4.78, 5) is 14.4. The minimum atomic E-state index is -0.161. The predicted octanol–water partition coefficient (Wildman–Crippen LogP) is 1.99. The Morgan fingerprint density at radius 3 is 2.84 bits per heavy atom. The standard InChI is InChI=1S/C15H15NO3/c1-4-5-19-14-8-13-12(6-10(14)2)11(9-18-3)7-15(17)16-13/h1,6-8H,5,9H2,2-3H3,(H,16,17). The fourth-order valence-electron chi connectivity index (χ4n) is 2.01. The first-order chi connectivity index (χ1) is 9.15. The topological polar surface area (TPSA) is 51.3 Å². The molecule has 0 saturated carbocycles. The van der Waals surface area contributed by atoms with Crippen LogP contribution in [-0.4, -0.2) is 18.7 Å². The zero-order valence-corrected chi connectivity index (χ0v) is 10.9. The summed E-state index contributed by atoms with van der Waals surface area (Å²) in [5.74, 6) is 3.10. The maximum absolute atomic E-state index is 11.6. The number of aryl methyl sites for hydroxylation is 1. The Labute approximate surface area is 111 Å². The number of nitrogens with one attached hydrogen (secondary N) is 1. The predicted molar refractivity (Wildman–Crippen MR) is 74.3 cm³/mol. The van der Waals surface area contributed by atoms with Crippen molar-refractivity contribution < 1.29 is 9.47 Å². The van der Waals surface area contributed by atoms with Gasteiger partial charge in [0.05, 0.1) is 12.1 Å². The molecule has 0 aliphatic rings. The quantitative estimate of drug-likeness (QED) is 0.852. The molecule has 2 rings (SSSR count). The van der Waals surface area contributed by atoms with Gasteiger partial charge >= 0.3 is 0 Å². The third kappa shape index (κ3) is 2.78. The van der Waals surface area contributed by atoms with Crippen molar-refractivity contribution in [2.45, 2.75) is 13.5 Å². The first kappa shape index (κ1) is 13.2. The molecule has 0 aliphatic carbocycles. The summed E-state index contributed by atoms with van der Waals surface area (Å²) in [6.45, 7) is 2.53. The molecule has 1 N–H and O–H groups in total. The van der Waals surface area contributed by atoms with Gasteiger partial charge < -0.3 is 14.5 Å². The molecule has 0 unspecified atom stereocenters. The van der Waals surface area contributed by atoms with Gasteiger partial charge in [0.1, 0.15) is 12.4 Å². The van der Waals surface area contributed by atoms with E-state index in [4.69, 9.17) is 15.9 Å². The summed E-state index contributed by atoms with van der Waals surface area (Å²) in [5.41, 5.74) is 2.38. The van der Waals surface area contributed by atoms with Crippen LogP contribution in [0.5, 0.6) is 5.75 Å². The molecule has 1 heterocycles. The van der Waals surface area contributed by atoms with Gasteiger partial charge in [-0.3, -0.25) is 4.79 Å². The molecular formula is C15H15NO3. The highest BCUT2D eigenvalue weighted by Gasteiger charge is 2.08. The number of hydrogen-bond donors (Lipinski definition) is 1. The highest BCUT2D eigenvalue weighted by Crippen LogP contribution is 2.26. The maximum atomic E-state index is 11.6. The van der Waals surface area contributed by atoms with Gasteiger partial charge in [0, 0.05) is 24.6 Å². The van der Waals surface area contributed by atoms with Crippen molar-refractivity contribution in [3.63, 3.8) is 0 Å². The average Bonchev–Trinajstić information content (AvgIpc) is 2.37. The van der Waals surface area contributed by atoms with Crippen molar-refractivity contribution >= 4 is 10.9 Å². The number of pyridine rings is 1. The lowest BCUT2D eigenvalue weighted by molar-refractivity contribution is 0.186. The molecule has 0 radical (unpaired) electrons. The second-order valence-corrected chi connectivity index (χ2v) is 4.25. The number of hydrogen-bond acceptors (Lipinski definition) is 3. The number of rotatable bonds is 4. The van der Waals surface area contributed by atoms with E-state index in [0.717, 1.165) is 22.0 Å². The lowest BCUT2D eigenvalue weighted by Gasteiger charge is -2.10. The number of fused-ring (bicyclic) bond motifs is 1. The number of methoxy groups -OCH3 is 1. The average molecular weight is 257 g/mol. The fraction of sp³-hybridized carbons (Fsp3) is 0.267. The van der Waals surface area contributed by atoms with Crippen LogP contribution in [0.4, 0.5) is 0 Å². The molecule has 0 amide bonds. The SMILES string of the molecule is C#CCOc1cc2[nH]c(=O)cc(COC)c2cc1C. The van der Waals surface area contributed by atoms with E-state index in [0.29, 0.717) is 12.4 Å². The van der Waals surface area contributed by atoms with E-state index < -0.39 is 0 Å². The van der Waals surface area contributed by atoms with Gasteiger partial charge in [-0.05, 0) is 24.1 Å². The van der Waals surface area contributed by atoms with Crippen LogP contribution in [-0.2, 0) is 11.3 Å². The van der Waals surface area contributed by atoms with Crippen LogP contribution in [0.25, 0.3) is 10.9 Å². The largest absolute Gasteiger partial charge is 0.481 e. The Hall–Kier alpha value is -2.25. The number of terminal acetylenes is 1. The van der Waals surface area contributed by atoms with Crippen LogP contribution >= 0.6 is 0 Å². The summed E-state index contributed by atoms with van der Waals surface area (Å²) in [6.07, 6.45) is 5.18. The van der Waals surface area contributed by atoms with E-state index in [9.17, 15) is 4.79 Å². The normalized spacial score (nSPS) is 10.4. The fourth-order valence-corrected chi connectivity index (χ4v) is 2.01. The van der Waals surface area contributed by atoms with Gasteiger partial charge in [-0.15, -0.1) is 6.42 Å². The molecule has 98 valence electrons. The molecule has 1 aromatic carbocycles. The first-order valence-electron chi connectivity index (χ1n) is 5.87. The highest BCUT2D eigenvalue weighted by molar-refractivity contribution is 5.84. The lowest BCUT2D eigenvalue weighted by atomic mass is 10.1. The molecule has 0 bridgehead atoms. The van der Waals surface area contributed by atoms with Gasteiger partial charge in [-0.1, -0.05) is 5.92 Å². The Morgan fingerprint density at radius 1 is 1.37 bits per heavy atom. The summed E-state index contributed by atoms with van der Waals surface area (Å²) in [6, 6.07) is 5.31.